The van der Waals surface area contributed by atoms with Crippen LogP contribution < -0.4 is 15.5 Å². The monoisotopic (exact) mass is 269 g/mol. The molecule has 1 aliphatic heterocycles. The van der Waals surface area contributed by atoms with Crippen molar-refractivity contribution in [3.05, 3.63) is 48.4 Å². The van der Waals surface area contributed by atoms with Crippen molar-refractivity contribution in [2.75, 3.05) is 36.0 Å². The van der Waals surface area contributed by atoms with Crippen molar-refractivity contribution in [3.63, 3.8) is 0 Å². The van der Waals surface area contributed by atoms with Gasteiger partial charge >= 0.3 is 0 Å². The van der Waals surface area contributed by atoms with Gasteiger partial charge in [-0.05, 0) is 24.3 Å². The zero-order chi connectivity index (χ0) is 13.8. The minimum atomic E-state index is 0.494. The van der Waals surface area contributed by atoms with Gasteiger partial charge in [0.1, 0.15) is 5.82 Å². The highest BCUT2D eigenvalue weighted by molar-refractivity contribution is 5.48. The Kier molecular flexibility index (Phi) is 3.78. The highest BCUT2D eigenvalue weighted by Crippen LogP contribution is 2.18. The second-order valence-corrected chi connectivity index (χ2v) is 4.87. The Hall–Kier alpha value is -2.14. The maximum atomic E-state index is 5.57. The predicted octanol–water partition coefficient (Wildman–Crippen LogP) is 1.26. The van der Waals surface area contributed by atoms with E-state index in [4.69, 9.17) is 5.73 Å². The first kappa shape index (κ1) is 12.9. The summed E-state index contributed by atoms with van der Waals surface area (Å²) < 4.78 is 0. The summed E-state index contributed by atoms with van der Waals surface area (Å²) in [6.07, 6.45) is 3.76. The van der Waals surface area contributed by atoms with E-state index in [1.165, 1.54) is 5.69 Å². The molecule has 5 nitrogen and oxygen atoms in total. The summed E-state index contributed by atoms with van der Waals surface area (Å²) in [6, 6.07) is 10.1. The Morgan fingerprint density at radius 3 is 2.35 bits per heavy atom. The quantitative estimate of drug-likeness (QED) is 0.909. The molecule has 0 atom stereocenters. The largest absolute Gasteiger partial charge is 0.367 e. The summed E-state index contributed by atoms with van der Waals surface area (Å²) in [5.41, 5.74) is 7.67. The summed E-state index contributed by atoms with van der Waals surface area (Å²) >= 11 is 0. The van der Waals surface area contributed by atoms with Gasteiger partial charge in [-0.3, -0.25) is 4.98 Å². The average molecular weight is 269 g/mol. The average Bonchev–Trinajstić information content (AvgIpc) is 2.56. The second-order valence-electron chi connectivity index (χ2n) is 4.87. The lowest BCUT2D eigenvalue weighted by Crippen LogP contribution is -2.46. The van der Waals surface area contributed by atoms with Gasteiger partial charge in [-0.1, -0.05) is 6.07 Å². The third-order valence-corrected chi connectivity index (χ3v) is 3.64. The van der Waals surface area contributed by atoms with Crippen molar-refractivity contribution in [3.8, 4) is 0 Å². The number of hydrogen-bond donors (Lipinski definition) is 1. The topological polar surface area (TPSA) is 58.3 Å². The van der Waals surface area contributed by atoms with Gasteiger partial charge in [-0.15, -0.1) is 0 Å². The molecular formula is C15H19N5. The summed E-state index contributed by atoms with van der Waals surface area (Å²) in [6.45, 7) is 4.43. The predicted molar refractivity (Wildman–Crippen MR) is 80.8 cm³/mol. The van der Waals surface area contributed by atoms with Gasteiger partial charge < -0.3 is 15.5 Å². The van der Waals surface area contributed by atoms with Crippen LogP contribution in [0.5, 0.6) is 0 Å². The summed E-state index contributed by atoms with van der Waals surface area (Å²) in [7, 11) is 0. The van der Waals surface area contributed by atoms with E-state index in [9.17, 15) is 0 Å². The van der Waals surface area contributed by atoms with E-state index in [1.807, 2.05) is 30.6 Å². The Balaban J connectivity index is 1.63. The molecule has 0 spiro atoms. The normalized spacial score (nSPS) is 15.4. The van der Waals surface area contributed by atoms with Crippen molar-refractivity contribution in [2.45, 2.75) is 6.54 Å². The number of piperazine rings is 1. The molecule has 5 heteroatoms. The van der Waals surface area contributed by atoms with Gasteiger partial charge in [0.25, 0.3) is 0 Å². The number of rotatable bonds is 3. The molecule has 0 radical (unpaired) electrons. The molecule has 3 heterocycles. The first-order chi connectivity index (χ1) is 9.86. The van der Waals surface area contributed by atoms with Gasteiger partial charge in [0, 0.05) is 38.9 Å². The van der Waals surface area contributed by atoms with E-state index in [2.05, 4.69) is 31.9 Å². The molecule has 1 aliphatic rings. The van der Waals surface area contributed by atoms with Crippen molar-refractivity contribution in [1.82, 2.24) is 9.97 Å². The molecule has 3 rings (SSSR count). The molecule has 0 aliphatic carbocycles. The van der Waals surface area contributed by atoms with Crippen LogP contribution in [-0.2, 0) is 6.54 Å². The Labute approximate surface area is 119 Å². The molecule has 0 saturated carbocycles. The van der Waals surface area contributed by atoms with Crippen LogP contribution in [0.4, 0.5) is 11.5 Å². The molecule has 20 heavy (non-hydrogen) atoms. The molecule has 0 amide bonds. The van der Waals surface area contributed by atoms with Gasteiger partial charge in [-0.2, -0.15) is 0 Å². The van der Waals surface area contributed by atoms with Crippen LogP contribution >= 0.6 is 0 Å². The van der Waals surface area contributed by atoms with Crippen LogP contribution in [0.3, 0.4) is 0 Å². The van der Waals surface area contributed by atoms with Crippen LogP contribution in [0.15, 0.2) is 42.7 Å². The second kappa shape index (κ2) is 5.88. The van der Waals surface area contributed by atoms with Crippen LogP contribution in [0, 0.1) is 0 Å². The molecule has 0 bridgehead atoms. The van der Waals surface area contributed by atoms with Crippen molar-refractivity contribution >= 4 is 11.5 Å². The molecule has 1 fully saturated rings. The molecule has 0 aromatic carbocycles. The number of anilines is 2. The molecular weight excluding hydrogens is 250 g/mol. The fraction of sp³-hybridized carbons (Fsp3) is 0.333. The third-order valence-electron chi connectivity index (χ3n) is 3.64. The minimum absolute atomic E-state index is 0.494. The van der Waals surface area contributed by atoms with Gasteiger partial charge in [0.05, 0.1) is 17.6 Å². The van der Waals surface area contributed by atoms with E-state index in [-0.39, 0.29) is 0 Å². The lowest BCUT2D eigenvalue weighted by Gasteiger charge is -2.36. The number of nitrogens with zero attached hydrogens (tertiary/aromatic N) is 4. The maximum absolute atomic E-state index is 5.57. The summed E-state index contributed by atoms with van der Waals surface area (Å²) in [5.74, 6) is 1.06. The Morgan fingerprint density at radius 2 is 1.75 bits per heavy atom. The first-order valence-corrected chi connectivity index (χ1v) is 6.93. The number of aromatic nitrogens is 2. The highest BCUT2D eigenvalue weighted by Gasteiger charge is 2.18. The number of pyridine rings is 2. The van der Waals surface area contributed by atoms with E-state index in [1.54, 1.807) is 0 Å². The number of nitrogens with two attached hydrogens (primary N) is 1. The van der Waals surface area contributed by atoms with Gasteiger partial charge in [0.2, 0.25) is 0 Å². The molecule has 1 saturated heterocycles. The maximum Gasteiger partial charge on any atom is 0.128 e. The van der Waals surface area contributed by atoms with Gasteiger partial charge in [0.15, 0.2) is 0 Å². The number of hydrogen-bond acceptors (Lipinski definition) is 5. The molecule has 2 aromatic rings. The summed E-state index contributed by atoms with van der Waals surface area (Å²) in [4.78, 5) is 13.4. The lowest BCUT2D eigenvalue weighted by atomic mass is 10.2. The van der Waals surface area contributed by atoms with Gasteiger partial charge in [-0.25, -0.2) is 4.98 Å². The third kappa shape index (κ3) is 2.72. The minimum Gasteiger partial charge on any atom is -0.367 e. The molecule has 2 N–H and O–H groups in total. The molecule has 104 valence electrons. The van der Waals surface area contributed by atoms with E-state index in [0.717, 1.165) is 37.7 Å². The Morgan fingerprint density at radius 1 is 0.950 bits per heavy atom. The van der Waals surface area contributed by atoms with Crippen LogP contribution in [0.1, 0.15) is 5.69 Å². The fourth-order valence-corrected chi connectivity index (χ4v) is 2.46. The van der Waals surface area contributed by atoms with Crippen LogP contribution in [-0.4, -0.2) is 36.1 Å². The van der Waals surface area contributed by atoms with E-state index < -0.39 is 0 Å². The zero-order valence-corrected chi connectivity index (χ0v) is 11.4. The van der Waals surface area contributed by atoms with Crippen molar-refractivity contribution in [1.29, 1.82) is 0 Å². The SMILES string of the molecule is NCc1ccc(N2CCN(c3ccccn3)CC2)cn1. The molecule has 2 aromatic heterocycles. The first-order valence-electron chi connectivity index (χ1n) is 6.93. The lowest BCUT2D eigenvalue weighted by molar-refractivity contribution is 0.646. The Bertz CT molecular complexity index is 532. The van der Waals surface area contributed by atoms with E-state index >= 15 is 0 Å². The van der Waals surface area contributed by atoms with E-state index in [0.29, 0.717) is 6.54 Å². The highest BCUT2D eigenvalue weighted by atomic mass is 15.3. The van der Waals surface area contributed by atoms with Crippen molar-refractivity contribution < 1.29 is 0 Å². The molecule has 0 unspecified atom stereocenters. The van der Waals surface area contributed by atoms with Crippen molar-refractivity contribution in [2.24, 2.45) is 5.73 Å². The standard InChI is InChI=1S/C15H19N5/c16-11-13-4-5-14(12-18-13)19-7-9-20(10-8-19)15-3-1-2-6-17-15/h1-6,12H,7-11,16H2. The smallest absolute Gasteiger partial charge is 0.128 e. The van der Waals surface area contributed by atoms with Crippen LogP contribution in [0.25, 0.3) is 0 Å². The van der Waals surface area contributed by atoms with Crippen LogP contribution in [0.2, 0.25) is 0 Å². The summed E-state index contributed by atoms with van der Waals surface area (Å²) in [5, 5.41) is 0. The zero-order valence-electron chi connectivity index (χ0n) is 11.4. The fourth-order valence-electron chi connectivity index (χ4n) is 2.46.